The van der Waals surface area contributed by atoms with Gasteiger partial charge >= 0.3 is 12.1 Å². The molecule has 2 aliphatic rings. The highest BCUT2D eigenvalue weighted by Gasteiger charge is 2.28. The number of nitrogens with zero attached hydrogens (tertiary/aromatic N) is 1. The maximum absolute atomic E-state index is 13.9. The van der Waals surface area contributed by atoms with Crippen LogP contribution < -0.4 is 0 Å². The van der Waals surface area contributed by atoms with Gasteiger partial charge in [-0.1, -0.05) is 24.3 Å². The molecule has 1 aliphatic carbocycles. The number of carbonyl (C=O) groups is 3. The summed E-state index contributed by atoms with van der Waals surface area (Å²) in [4.78, 5) is 37.6. The van der Waals surface area contributed by atoms with Crippen LogP contribution in [-0.2, 0) is 40.1 Å². The summed E-state index contributed by atoms with van der Waals surface area (Å²) >= 11 is 0. The topological polar surface area (TPSA) is 83.9 Å². The number of carbonyl (C=O) groups excluding carboxylic acids is 2. The van der Waals surface area contributed by atoms with Crippen molar-refractivity contribution in [2.75, 3.05) is 6.54 Å². The highest BCUT2D eigenvalue weighted by Crippen LogP contribution is 2.29. The minimum Gasteiger partial charge on any atom is -0.481 e. The lowest BCUT2D eigenvalue weighted by Gasteiger charge is -2.32. The number of carboxylic acid groups (broad SMARTS) is 1. The maximum Gasteiger partial charge on any atom is 0.410 e. The maximum atomic E-state index is 13.9. The second kappa shape index (κ2) is 11.1. The van der Waals surface area contributed by atoms with Crippen LogP contribution in [0.2, 0.25) is 0 Å². The summed E-state index contributed by atoms with van der Waals surface area (Å²) in [7, 11) is 0. The second-order valence-electron chi connectivity index (χ2n) is 9.63. The van der Waals surface area contributed by atoms with Crippen molar-refractivity contribution in [1.29, 1.82) is 0 Å². The summed E-state index contributed by atoms with van der Waals surface area (Å²) in [6.45, 7) is 0.856. The third-order valence-corrected chi connectivity index (χ3v) is 6.97. The van der Waals surface area contributed by atoms with Crippen molar-refractivity contribution >= 4 is 17.8 Å². The number of rotatable bonds is 7. The number of benzene rings is 2. The van der Waals surface area contributed by atoms with Crippen molar-refractivity contribution in [3.63, 3.8) is 0 Å². The molecule has 4 rings (SSSR count). The van der Waals surface area contributed by atoms with E-state index >= 15 is 0 Å². The molecule has 6 nitrogen and oxygen atoms in total. The molecule has 1 fully saturated rings. The van der Waals surface area contributed by atoms with Crippen molar-refractivity contribution in [1.82, 2.24) is 4.90 Å². The summed E-state index contributed by atoms with van der Waals surface area (Å²) in [6.07, 6.45) is 2.66. The zero-order valence-corrected chi connectivity index (χ0v) is 19.8. The van der Waals surface area contributed by atoms with Gasteiger partial charge in [0.25, 0.3) is 0 Å². The standard InChI is InChI=1S/C27H28F3NO5/c28-23-8-5-19(25(29)26(23)30)14-21(32)12-17-1-4-20-15-31(10-9-18(20)11-17)27(35)36-22-6-2-16(3-7-22)13-24(33)34/h1,4-5,8,11,16,22H,2-3,6-7,9-10,12-15H2,(H,33,34). The Bertz CT molecular complexity index is 1160. The van der Waals surface area contributed by atoms with Crippen molar-refractivity contribution < 1.29 is 37.4 Å². The summed E-state index contributed by atoms with van der Waals surface area (Å²) in [6, 6.07) is 7.40. The fourth-order valence-corrected chi connectivity index (χ4v) is 5.00. The number of hydrogen-bond donors (Lipinski definition) is 1. The van der Waals surface area contributed by atoms with Crippen LogP contribution in [0.15, 0.2) is 30.3 Å². The lowest BCUT2D eigenvalue weighted by Crippen LogP contribution is -2.39. The third-order valence-electron chi connectivity index (χ3n) is 6.97. The van der Waals surface area contributed by atoms with Gasteiger partial charge < -0.3 is 14.7 Å². The van der Waals surface area contributed by atoms with Gasteiger partial charge in [-0.25, -0.2) is 18.0 Å². The molecule has 0 saturated heterocycles. The Morgan fingerprint density at radius 1 is 0.944 bits per heavy atom. The number of amides is 1. The van der Waals surface area contributed by atoms with Gasteiger partial charge in [0.15, 0.2) is 17.5 Å². The normalized spacial score (nSPS) is 19.5. The molecule has 1 heterocycles. The van der Waals surface area contributed by atoms with Gasteiger partial charge in [0.05, 0.1) is 0 Å². The van der Waals surface area contributed by atoms with Crippen molar-refractivity contribution in [2.24, 2.45) is 5.92 Å². The highest BCUT2D eigenvalue weighted by molar-refractivity contribution is 5.83. The largest absolute Gasteiger partial charge is 0.481 e. The smallest absolute Gasteiger partial charge is 0.410 e. The molecular weight excluding hydrogens is 475 g/mol. The molecule has 0 unspecified atom stereocenters. The highest BCUT2D eigenvalue weighted by atomic mass is 19.2. The molecule has 36 heavy (non-hydrogen) atoms. The number of hydrogen-bond acceptors (Lipinski definition) is 4. The van der Waals surface area contributed by atoms with Crippen LogP contribution in [0.25, 0.3) is 0 Å². The molecule has 0 atom stereocenters. The number of Topliss-reactive ketones (excluding diaryl/α,β-unsaturated/α-hetero) is 1. The van der Waals surface area contributed by atoms with Crippen LogP contribution in [0.3, 0.4) is 0 Å². The number of ketones is 1. The van der Waals surface area contributed by atoms with E-state index in [-0.39, 0.29) is 48.7 Å². The van der Waals surface area contributed by atoms with E-state index in [1.54, 1.807) is 11.0 Å². The van der Waals surface area contributed by atoms with Crippen LogP contribution in [0.5, 0.6) is 0 Å². The first-order valence-corrected chi connectivity index (χ1v) is 12.1. The van der Waals surface area contributed by atoms with Crippen LogP contribution in [0.1, 0.15) is 54.4 Å². The van der Waals surface area contributed by atoms with Gasteiger partial charge in [-0.15, -0.1) is 0 Å². The molecule has 2 aromatic carbocycles. The molecular formula is C27H28F3NO5. The van der Waals surface area contributed by atoms with Crippen molar-refractivity contribution in [2.45, 2.75) is 64.0 Å². The number of aliphatic carboxylic acids is 1. The first-order valence-electron chi connectivity index (χ1n) is 12.1. The number of fused-ring (bicyclic) bond motifs is 1. The van der Waals surface area contributed by atoms with Gasteiger partial charge in [-0.3, -0.25) is 9.59 Å². The van der Waals surface area contributed by atoms with E-state index < -0.39 is 23.4 Å². The Hall–Kier alpha value is -3.36. The first kappa shape index (κ1) is 25.7. The zero-order chi connectivity index (χ0) is 25.8. The summed E-state index contributed by atoms with van der Waals surface area (Å²) < 4.78 is 46.1. The summed E-state index contributed by atoms with van der Waals surface area (Å²) in [5, 5.41) is 8.93. The number of halogens is 3. The zero-order valence-electron chi connectivity index (χ0n) is 19.8. The minimum atomic E-state index is -1.58. The minimum absolute atomic E-state index is 0.0298. The summed E-state index contributed by atoms with van der Waals surface area (Å²) in [5.41, 5.74) is 2.51. The quantitative estimate of drug-likeness (QED) is 0.539. The van der Waals surface area contributed by atoms with Gasteiger partial charge in [0.1, 0.15) is 11.9 Å². The Labute approximate surface area is 207 Å². The van der Waals surface area contributed by atoms with Crippen molar-refractivity contribution in [3.05, 3.63) is 70.0 Å². The molecule has 1 aliphatic heterocycles. The van der Waals surface area contributed by atoms with E-state index in [1.165, 1.54) is 0 Å². The number of carboxylic acids is 1. The monoisotopic (exact) mass is 503 g/mol. The van der Waals surface area contributed by atoms with Crippen molar-refractivity contribution in [3.8, 4) is 0 Å². The first-order chi connectivity index (χ1) is 17.2. The van der Waals surface area contributed by atoms with Gasteiger partial charge in [-0.05, 0) is 66.3 Å². The number of ether oxygens (including phenoxy) is 1. The second-order valence-corrected chi connectivity index (χ2v) is 9.63. The predicted molar refractivity (Wildman–Crippen MR) is 124 cm³/mol. The lowest BCUT2D eigenvalue weighted by molar-refractivity contribution is -0.138. The Morgan fingerprint density at radius 3 is 2.42 bits per heavy atom. The fraction of sp³-hybridized carbons (Fsp3) is 0.444. The molecule has 1 saturated carbocycles. The molecule has 9 heteroatoms. The molecule has 0 spiro atoms. The Kier molecular flexibility index (Phi) is 7.96. The van der Waals surface area contributed by atoms with Crippen LogP contribution in [0, 0.1) is 23.4 Å². The molecule has 1 amide bonds. The SMILES string of the molecule is O=C(O)CC1CCC(OC(=O)N2CCc3cc(CC(=O)Cc4ccc(F)c(F)c4F)ccc3C2)CC1. The van der Waals surface area contributed by atoms with Crippen LogP contribution in [-0.4, -0.2) is 40.5 Å². The van der Waals surface area contributed by atoms with Crippen LogP contribution in [0.4, 0.5) is 18.0 Å². The van der Waals surface area contributed by atoms with E-state index in [2.05, 4.69) is 0 Å². The van der Waals surface area contributed by atoms with E-state index in [1.807, 2.05) is 12.1 Å². The lowest BCUT2D eigenvalue weighted by atomic mass is 9.85. The van der Waals surface area contributed by atoms with E-state index in [0.717, 1.165) is 41.7 Å². The summed E-state index contributed by atoms with van der Waals surface area (Å²) in [5.74, 6) is -5.20. The van der Waals surface area contributed by atoms with E-state index in [9.17, 15) is 27.6 Å². The van der Waals surface area contributed by atoms with Crippen LogP contribution >= 0.6 is 0 Å². The molecule has 2 aromatic rings. The molecule has 0 bridgehead atoms. The average Bonchev–Trinajstić information content (AvgIpc) is 2.85. The average molecular weight is 504 g/mol. The van der Waals surface area contributed by atoms with Gasteiger partial charge in [0, 0.05) is 32.4 Å². The van der Waals surface area contributed by atoms with Gasteiger partial charge in [-0.2, -0.15) is 0 Å². The molecule has 192 valence electrons. The molecule has 1 N–H and O–H groups in total. The fourth-order valence-electron chi connectivity index (χ4n) is 5.00. The molecule has 0 radical (unpaired) electrons. The Balaban J connectivity index is 1.29. The molecule has 0 aromatic heterocycles. The van der Waals surface area contributed by atoms with Gasteiger partial charge in [0.2, 0.25) is 0 Å². The third kappa shape index (κ3) is 6.25. The van der Waals surface area contributed by atoms with E-state index in [4.69, 9.17) is 9.84 Å². The Morgan fingerprint density at radius 2 is 1.69 bits per heavy atom. The predicted octanol–water partition coefficient (Wildman–Crippen LogP) is 4.99. The van der Waals surface area contributed by atoms with E-state index in [0.29, 0.717) is 32.4 Å².